The zero-order chi connectivity index (χ0) is 35.2. The van der Waals surface area contributed by atoms with Crippen molar-refractivity contribution in [1.82, 2.24) is 24.8 Å². The van der Waals surface area contributed by atoms with Crippen LogP contribution in [0.1, 0.15) is 53.5 Å². The Kier molecular flexibility index (Phi) is 9.51. The minimum absolute atomic E-state index is 0.0216. The lowest BCUT2D eigenvalue weighted by molar-refractivity contribution is -0.205. The molecule has 2 fully saturated rings. The third-order valence-electron chi connectivity index (χ3n) is 8.82. The highest BCUT2D eigenvalue weighted by molar-refractivity contribution is 7.18. The van der Waals surface area contributed by atoms with E-state index in [1.807, 2.05) is 23.6 Å². The number of aliphatic hydroxyl groups is 1. The lowest BCUT2D eigenvalue weighted by Gasteiger charge is -2.33. The minimum atomic E-state index is -4.84. The number of thiophene rings is 1. The summed E-state index contributed by atoms with van der Waals surface area (Å²) in [7, 11) is 17.0. The lowest BCUT2D eigenvalue weighted by Crippen LogP contribution is -2.41. The normalized spacial score (nSPS) is 16.8. The quantitative estimate of drug-likeness (QED) is 0.174. The highest BCUT2D eigenvalue weighted by Crippen LogP contribution is 2.40. The van der Waals surface area contributed by atoms with Crippen molar-refractivity contribution in [3.05, 3.63) is 58.2 Å². The highest BCUT2D eigenvalue weighted by atomic mass is 32.1. The highest BCUT2D eigenvalue weighted by Gasteiger charge is 2.41. The number of aliphatic hydroxyl groups excluding tert-OH is 1. The number of likely N-dealkylation sites (tertiary alicyclic amines) is 1. The van der Waals surface area contributed by atoms with E-state index in [1.165, 1.54) is 6.07 Å². The summed E-state index contributed by atoms with van der Waals surface area (Å²) in [6.07, 6.45) is -4.28. The summed E-state index contributed by atoms with van der Waals surface area (Å²) in [5.74, 6) is 0.248. The summed E-state index contributed by atoms with van der Waals surface area (Å²) in [5, 5.41) is 27.9. The molecule has 6 radical (unpaired) electrons. The average molecular weight is 682 g/mol. The van der Waals surface area contributed by atoms with Gasteiger partial charge in [0.25, 0.3) is 0 Å². The molecule has 0 bridgehead atoms. The van der Waals surface area contributed by atoms with Gasteiger partial charge in [-0.1, -0.05) is 17.9 Å². The first-order valence-corrected chi connectivity index (χ1v) is 16.6. The number of aromatic nitrogens is 3. The van der Waals surface area contributed by atoms with Gasteiger partial charge in [0, 0.05) is 53.1 Å². The van der Waals surface area contributed by atoms with Gasteiger partial charge in [-0.3, -0.25) is 9.69 Å². The molecule has 1 saturated carbocycles. The number of carbonyl (C=O) groups excluding carboxylic acids is 1. The first kappa shape index (κ1) is 34.9. The summed E-state index contributed by atoms with van der Waals surface area (Å²) in [4.78, 5) is 23.0. The van der Waals surface area contributed by atoms with Gasteiger partial charge >= 0.3 is 6.18 Å². The molecule has 3 aromatic heterocycles. The van der Waals surface area contributed by atoms with Gasteiger partial charge in [-0.25, -0.2) is 4.98 Å². The number of piperidine rings is 1. The van der Waals surface area contributed by atoms with Crippen LogP contribution in [0.2, 0.25) is 0 Å². The van der Waals surface area contributed by atoms with Gasteiger partial charge in [0.15, 0.2) is 6.10 Å². The number of anilines is 2. The Bertz CT molecular complexity index is 1960. The Morgan fingerprint density at radius 1 is 1.16 bits per heavy atom. The number of hydrogen-bond acceptors (Lipinski definition) is 9. The Morgan fingerprint density at radius 2 is 1.88 bits per heavy atom. The van der Waals surface area contributed by atoms with E-state index in [0.717, 1.165) is 60.8 Å². The van der Waals surface area contributed by atoms with Crippen molar-refractivity contribution in [2.45, 2.75) is 69.3 Å². The molecule has 1 aliphatic carbocycles. The second-order valence-electron chi connectivity index (χ2n) is 12.8. The second kappa shape index (κ2) is 13.4. The predicted molar refractivity (Wildman–Crippen MR) is 185 cm³/mol. The molecule has 2 aliphatic rings. The molecular formula is C32H32B3F3N8O2S. The summed E-state index contributed by atoms with van der Waals surface area (Å²) >= 11 is 0.692. The molecule has 1 unspecified atom stereocenters. The van der Waals surface area contributed by atoms with Crippen molar-refractivity contribution >= 4 is 73.7 Å². The maximum Gasteiger partial charge on any atom is 0.419 e. The third kappa shape index (κ3) is 7.92. The number of alkyl halides is 3. The van der Waals surface area contributed by atoms with Gasteiger partial charge in [0.1, 0.15) is 22.4 Å². The van der Waals surface area contributed by atoms with Crippen LogP contribution >= 0.6 is 11.3 Å². The zero-order valence-electron chi connectivity index (χ0n) is 26.8. The third-order valence-corrected chi connectivity index (χ3v) is 9.90. The number of allylic oxidation sites excluding steroid dienone is 1. The Labute approximate surface area is 289 Å². The van der Waals surface area contributed by atoms with E-state index < -0.39 is 17.5 Å². The maximum atomic E-state index is 13.3. The van der Waals surface area contributed by atoms with E-state index in [4.69, 9.17) is 23.5 Å². The van der Waals surface area contributed by atoms with Crippen LogP contribution in [0.3, 0.4) is 0 Å². The molecule has 4 N–H and O–H groups in total. The number of amides is 1. The van der Waals surface area contributed by atoms with Crippen LogP contribution < -0.4 is 16.0 Å². The molecule has 1 atom stereocenters. The predicted octanol–water partition coefficient (Wildman–Crippen LogP) is 4.07. The summed E-state index contributed by atoms with van der Waals surface area (Å²) in [6, 6.07) is 9.39. The van der Waals surface area contributed by atoms with E-state index in [0.29, 0.717) is 41.2 Å². The molecule has 10 nitrogen and oxygen atoms in total. The number of benzene rings is 1. The molecule has 1 aliphatic heterocycles. The lowest BCUT2D eigenvalue weighted by atomic mass is 9.49. The van der Waals surface area contributed by atoms with Gasteiger partial charge in [-0.15, -0.1) is 11.3 Å². The summed E-state index contributed by atoms with van der Waals surface area (Å²) in [5.41, 5.74) is 4.11. The Hall–Kier alpha value is -4.00. The van der Waals surface area contributed by atoms with E-state index in [9.17, 15) is 28.3 Å². The fourth-order valence-electron chi connectivity index (χ4n) is 6.07. The van der Waals surface area contributed by atoms with Gasteiger partial charge in [-0.2, -0.15) is 23.4 Å². The molecule has 4 aromatic rings. The molecule has 49 heavy (non-hydrogen) atoms. The monoisotopic (exact) mass is 682 g/mol. The number of hydrogen-bond donors (Lipinski definition) is 4. The van der Waals surface area contributed by atoms with Crippen molar-refractivity contribution in [3.63, 3.8) is 0 Å². The Morgan fingerprint density at radius 3 is 2.51 bits per heavy atom. The molecule has 1 saturated heterocycles. The number of nitrogens with zero attached hydrogens (tertiary/aromatic N) is 5. The number of nitrogens with one attached hydrogen (secondary N) is 3. The number of aryl methyl sites for hydroxylation is 1. The van der Waals surface area contributed by atoms with Crippen molar-refractivity contribution in [2.75, 3.05) is 23.7 Å². The molecule has 6 rings (SSSR count). The molecule has 4 heterocycles. The van der Waals surface area contributed by atoms with Gasteiger partial charge in [0.05, 0.1) is 35.5 Å². The largest absolute Gasteiger partial charge is 0.419 e. The fourth-order valence-corrected chi connectivity index (χ4v) is 7.12. The molecule has 0 spiro atoms. The molecule has 17 heteroatoms. The van der Waals surface area contributed by atoms with Gasteiger partial charge in [-0.05, 0) is 61.9 Å². The van der Waals surface area contributed by atoms with Crippen LogP contribution in [-0.4, -0.2) is 84.5 Å². The molecule has 248 valence electrons. The first-order valence-electron chi connectivity index (χ1n) is 15.8. The number of nitriles is 1. The van der Waals surface area contributed by atoms with Crippen molar-refractivity contribution in [2.24, 2.45) is 5.92 Å². The van der Waals surface area contributed by atoms with Crippen LogP contribution in [-0.2, 0) is 17.9 Å². The maximum absolute atomic E-state index is 13.3. The molecular weight excluding hydrogens is 650 g/mol. The molecule has 1 aromatic carbocycles. The first-order chi connectivity index (χ1) is 23.1. The number of carbonyl (C=O) groups is 1. The van der Waals surface area contributed by atoms with E-state index in [2.05, 4.69) is 49.5 Å². The topological polar surface area (TPSA) is 131 Å². The van der Waals surface area contributed by atoms with Crippen LogP contribution in [0.25, 0.3) is 21.1 Å². The van der Waals surface area contributed by atoms with Crippen molar-refractivity contribution < 1.29 is 23.1 Å². The van der Waals surface area contributed by atoms with Crippen molar-refractivity contribution in [3.8, 4) is 6.07 Å². The minimum Gasteiger partial charge on any atom is -0.379 e. The zero-order valence-corrected chi connectivity index (χ0v) is 27.6. The SMILES string of the molecule is [B]C([B])([B])Nc1nc(NC2CCN(Cc3ccc4c(cc(C#N)n4CC(=C)NC(=O)C4CC4)c3C)CC2)c2cc(C(O)C(F)(F)F)sc2n1. The van der Waals surface area contributed by atoms with E-state index >= 15 is 0 Å². The standard InChI is InChI=1S/C32H32B3F3N8O2S/c1-16(40-28(48)18-3-4-18)14-46-21(13-39)11-22-17(2)19(5-6-24(22)46)15-45-9-7-20(8-10-45)41-27-23-12-25(26(47)31(36,37)38)49-29(23)43-30(42-27)44-32(33,34)35/h5-6,11-12,18,20,26,47H,1,3-4,7-10,14-15H2,2H3,(H,40,48)(H2,41,42,43,44). The fraction of sp³-hybridized carbons (Fsp3) is 0.438. The van der Waals surface area contributed by atoms with E-state index in [-0.39, 0.29) is 39.3 Å². The van der Waals surface area contributed by atoms with E-state index in [1.54, 1.807) is 0 Å². The number of rotatable bonds is 11. The number of fused-ring (bicyclic) bond motifs is 2. The van der Waals surface area contributed by atoms with Gasteiger partial charge < -0.3 is 25.6 Å². The summed E-state index contributed by atoms with van der Waals surface area (Å²) in [6.45, 7) is 8.51. The number of halogens is 3. The van der Waals surface area contributed by atoms with Gasteiger partial charge in [0.2, 0.25) is 11.9 Å². The van der Waals surface area contributed by atoms with Crippen LogP contribution in [0, 0.1) is 24.2 Å². The summed E-state index contributed by atoms with van der Waals surface area (Å²) < 4.78 is 41.7. The molecule has 1 amide bonds. The Balaban J connectivity index is 1.14. The average Bonchev–Trinajstić information content (AvgIpc) is 3.70. The van der Waals surface area contributed by atoms with Crippen LogP contribution in [0.4, 0.5) is 24.9 Å². The van der Waals surface area contributed by atoms with Crippen molar-refractivity contribution in [1.29, 1.82) is 5.26 Å². The van der Waals surface area contributed by atoms with Crippen LogP contribution in [0.5, 0.6) is 0 Å². The smallest absolute Gasteiger partial charge is 0.379 e. The van der Waals surface area contributed by atoms with Crippen LogP contribution in [0.15, 0.2) is 36.5 Å². The second-order valence-corrected chi connectivity index (χ2v) is 13.9.